The molecule has 2 N–H and O–H groups in total. The van der Waals surface area contributed by atoms with Crippen molar-refractivity contribution in [2.75, 3.05) is 11.9 Å². The highest BCUT2D eigenvalue weighted by molar-refractivity contribution is 6.30. The molecule has 0 radical (unpaired) electrons. The predicted octanol–water partition coefficient (Wildman–Crippen LogP) is 3.36. The Kier molecular flexibility index (Phi) is 5.01. The molecule has 0 aromatic heterocycles. The summed E-state index contributed by atoms with van der Waals surface area (Å²) in [6.45, 7) is 1.60. The number of hydrogen-bond donors (Lipinski definition) is 2. The first-order chi connectivity index (χ1) is 10.5. The van der Waals surface area contributed by atoms with Gasteiger partial charge >= 0.3 is 5.97 Å². The maximum atomic E-state index is 11.9. The van der Waals surface area contributed by atoms with E-state index < -0.39 is 5.97 Å². The lowest BCUT2D eigenvalue weighted by Gasteiger charge is -2.10. The number of amides is 1. The van der Waals surface area contributed by atoms with Gasteiger partial charge in [-0.1, -0.05) is 17.7 Å². The molecule has 0 heterocycles. The molecule has 2 aromatic rings. The minimum Gasteiger partial charge on any atom is -0.484 e. The van der Waals surface area contributed by atoms with Gasteiger partial charge in [-0.2, -0.15) is 0 Å². The number of aryl methyl sites for hydroxylation is 1. The molecule has 0 aliphatic heterocycles. The molecule has 0 aliphatic carbocycles. The molecular weight excluding hydrogens is 306 g/mol. The number of ether oxygens (including phenoxy) is 1. The fraction of sp³-hybridized carbons (Fsp3) is 0.125. The highest BCUT2D eigenvalue weighted by Gasteiger charge is 2.09. The Morgan fingerprint density at radius 2 is 1.86 bits per heavy atom. The van der Waals surface area contributed by atoms with Gasteiger partial charge in [-0.25, -0.2) is 4.79 Å². The number of carboxylic acid groups (broad SMARTS) is 1. The molecule has 2 rings (SSSR count). The van der Waals surface area contributed by atoms with Gasteiger partial charge in [0.05, 0.1) is 5.56 Å². The van der Waals surface area contributed by atoms with Crippen molar-refractivity contribution in [3.8, 4) is 5.75 Å². The second-order valence-corrected chi connectivity index (χ2v) is 5.06. The second kappa shape index (κ2) is 6.95. The van der Waals surface area contributed by atoms with Gasteiger partial charge in [0.2, 0.25) is 0 Å². The van der Waals surface area contributed by atoms with Crippen LogP contribution >= 0.6 is 11.6 Å². The maximum Gasteiger partial charge on any atom is 0.335 e. The number of halogens is 1. The number of hydrogen-bond acceptors (Lipinski definition) is 3. The fourth-order valence-corrected chi connectivity index (χ4v) is 1.88. The zero-order valence-electron chi connectivity index (χ0n) is 11.8. The molecule has 22 heavy (non-hydrogen) atoms. The SMILES string of the molecule is Cc1ccc(C(=O)O)cc1NC(=O)COc1ccc(Cl)cc1. The molecule has 0 atom stereocenters. The third-order valence-electron chi connectivity index (χ3n) is 2.94. The van der Waals surface area contributed by atoms with Gasteiger partial charge < -0.3 is 15.2 Å². The van der Waals surface area contributed by atoms with Gasteiger partial charge in [0.15, 0.2) is 6.61 Å². The number of rotatable bonds is 5. The summed E-state index contributed by atoms with van der Waals surface area (Å²) in [5.74, 6) is -0.899. The Bertz CT molecular complexity index is 698. The van der Waals surface area contributed by atoms with E-state index in [2.05, 4.69) is 5.32 Å². The number of benzene rings is 2. The zero-order chi connectivity index (χ0) is 16.1. The summed E-state index contributed by atoms with van der Waals surface area (Å²) in [7, 11) is 0. The Labute approximate surface area is 132 Å². The van der Waals surface area contributed by atoms with Crippen LogP contribution in [0.25, 0.3) is 0 Å². The lowest BCUT2D eigenvalue weighted by Crippen LogP contribution is -2.20. The smallest absolute Gasteiger partial charge is 0.335 e. The summed E-state index contributed by atoms with van der Waals surface area (Å²) in [6.07, 6.45) is 0. The van der Waals surface area contributed by atoms with E-state index in [4.69, 9.17) is 21.4 Å². The summed E-state index contributed by atoms with van der Waals surface area (Å²) in [5, 5.41) is 12.2. The molecule has 0 unspecified atom stereocenters. The number of carboxylic acids is 1. The Balaban J connectivity index is 1.98. The van der Waals surface area contributed by atoms with Gasteiger partial charge in [0.25, 0.3) is 5.91 Å². The number of nitrogens with one attached hydrogen (secondary N) is 1. The van der Waals surface area contributed by atoms with E-state index in [9.17, 15) is 9.59 Å². The van der Waals surface area contributed by atoms with Crippen molar-refractivity contribution in [2.24, 2.45) is 0 Å². The Morgan fingerprint density at radius 1 is 1.18 bits per heavy atom. The minimum absolute atomic E-state index is 0.111. The van der Waals surface area contributed by atoms with Crippen molar-refractivity contribution in [1.82, 2.24) is 0 Å². The molecule has 1 amide bonds. The molecule has 0 spiro atoms. The summed E-state index contributed by atoms with van der Waals surface area (Å²) in [5.41, 5.74) is 1.33. The van der Waals surface area contributed by atoms with Gasteiger partial charge in [-0.05, 0) is 48.9 Å². The molecule has 6 heteroatoms. The van der Waals surface area contributed by atoms with Crippen LogP contribution in [0.5, 0.6) is 5.75 Å². The number of carbonyl (C=O) groups excluding carboxylic acids is 1. The third-order valence-corrected chi connectivity index (χ3v) is 3.19. The second-order valence-electron chi connectivity index (χ2n) is 4.63. The molecule has 2 aromatic carbocycles. The van der Waals surface area contributed by atoms with E-state index in [0.717, 1.165) is 5.56 Å². The number of anilines is 1. The van der Waals surface area contributed by atoms with Crippen molar-refractivity contribution in [3.05, 3.63) is 58.6 Å². The van der Waals surface area contributed by atoms with Gasteiger partial charge in [0, 0.05) is 10.7 Å². The lowest BCUT2D eigenvalue weighted by atomic mass is 10.1. The average molecular weight is 320 g/mol. The largest absolute Gasteiger partial charge is 0.484 e. The van der Waals surface area contributed by atoms with E-state index in [1.165, 1.54) is 12.1 Å². The Hall–Kier alpha value is -2.53. The van der Waals surface area contributed by atoms with E-state index in [0.29, 0.717) is 16.5 Å². The zero-order valence-corrected chi connectivity index (χ0v) is 12.6. The third kappa shape index (κ3) is 4.23. The van der Waals surface area contributed by atoms with Crippen LogP contribution in [0.2, 0.25) is 5.02 Å². The van der Waals surface area contributed by atoms with E-state index >= 15 is 0 Å². The topological polar surface area (TPSA) is 75.6 Å². The molecule has 0 fully saturated rings. The molecular formula is C16H14ClNO4. The van der Waals surface area contributed by atoms with Crippen molar-refractivity contribution in [1.29, 1.82) is 0 Å². The van der Waals surface area contributed by atoms with Gasteiger partial charge in [-0.3, -0.25) is 4.79 Å². The van der Waals surface area contributed by atoms with E-state index in [1.807, 2.05) is 0 Å². The van der Waals surface area contributed by atoms with Crippen LogP contribution in [0.1, 0.15) is 15.9 Å². The van der Waals surface area contributed by atoms with Crippen LogP contribution in [-0.2, 0) is 4.79 Å². The molecule has 114 valence electrons. The molecule has 0 saturated carbocycles. The Morgan fingerprint density at radius 3 is 2.50 bits per heavy atom. The van der Waals surface area contributed by atoms with Crippen LogP contribution in [0.3, 0.4) is 0 Å². The van der Waals surface area contributed by atoms with Crippen LogP contribution in [0.4, 0.5) is 5.69 Å². The summed E-state index contributed by atoms with van der Waals surface area (Å²) < 4.78 is 5.33. The summed E-state index contributed by atoms with van der Waals surface area (Å²) in [4.78, 5) is 22.8. The van der Waals surface area contributed by atoms with Crippen molar-refractivity contribution < 1.29 is 19.4 Å². The normalized spacial score (nSPS) is 10.1. The fourth-order valence-electron chi connectivity index (χ4n) is 1.76. The van der Waals surface area contributed by atoms with Crippen molar-refractivity contribution in [2.45, 2.75) is 6.92 Å². The predicted molar refractivity (Wildman–Crippen MR) is 83.7 cm³/mol. The molecule has 0 bridgehead atoms. The monoisotopic (exact) mass is 319 g/mol. The summed E-state index contributed by atoms with van der Waals surface area (Å²) >= 11 is 5.76. The number of carbonyl (C=O) groups is 2. The quantitative estimate of drug-likeness (QED) is 0.886. The molecule has 0 aliphatic rings. The maximum absolute atomic E-state index is 11.9. The van der Waals surface area contributed by atoms with Crippen molar-refractivity contribution in [3.63, 3.8) is 0 Å². The van der Waals surface area contributed by atoms with Crippen LogP contribution < -0.4 is 10.1 Å². The highest BCUT2D eigenvalue weighted by atomic mass is 35.5. The first kappa shape index (κ1) is 15.9. The van der Waals surface area contributed by atoms with Crippen molar-refractivity contribution >= 4 is 29.2 Å². The number of aromatic carboxylic acids is 1. The first-order valence-electron chi connectivity index (χ1n) is 6.48. The minimum atomic E-state index is -1.05. The first-order valence-corrected chi connectivity index (χ1v) is 6.85. The van der Waals surface area contributed by atoms with Crippen LogP contribution in [0, 0.1) is 6.92 Å². The van der Waals surface area contributed by atoms with E-state index in [1.54, 1.807) is 37.3 Å². The highest BCUT2D eigenvalue weighted by Crippen LogP contribution is 2.18. The molecule has 5 nitrogen and oxygen atoms in total. The summed E-state index contributed by atoms with van der Waals surface area (Å²) in [6, 6.07) is 11.2. The van der Waals surface area contributed by atoms with Gasteiger partial charge in [0.1, 0.15) is 5.75 Å². The standard InChI is InChI=1S/C16H14ClNO4/c1-10-2-3-11(16(20)21)8-14(10)18-15(19)9-22-13-6-4-12(17)5-7-13/h2-8H,9H2,1H3,(H,18,19)(H,20,21). The van der Waals surface area contributed by atoms with E-state index in [-0.39, 0.29) is 18.1 Å². The van der Waals surface area contributed by atoms with Crippen LogP contribution in [0.15, 0.2) is 42.5 Å². The lowest BCUT2D eigenvalue weighted by molar-refractivity contribution is -0.118. The van der Waals surface area contributed by atoms with Crippen LogP contribution in [-0.4, -0.2) is 23.6 Å². The molecule has 0 saturated heterocycles. The van der Waals surface area contributed by atoms with Gasteiger partial charge in [-0.15, -0.1) is 0 Å². The average Bonchev–Trinajstić information content (AvgIpc) is 2.48.